The number of benzene rings is 1. The Hall–Kier alpha value is -4.12. The van der Waals surface area contributed by atoms with Crippen molar-refractivity contribution in [2.24, 2.45) is 0 Å². The molecule has 188 valence electrons. The van der Waals surface area contributed by atoms with Crippen LogP contribution in [-0.2, 0) is 19.6 Å². The fourth-order valence-electron chi connectivity index (χ4n) is 4.19. The molecule has 1 N–H and O–H groups in total. The number of pyridine rings is 2. The molecule has 0 saturated carbocycles. The highest BCUT2D eigenvalue weighted by Gasteiger charge is 2.16. The van der Waals surface area contributed by atoms with Gasteiger partial charge >= 0.3 is 0 Å². The first-order valence-corrected chi connectivity index (χ1v) is 12.6. The van der Waals surface area contributed by atoms with Crippen molar-refractivity contribution in [2.45, 2.75) is 33.5 Å². The van der Waals surface area contributed by atoms with Gasteiger partial charge in [0.1, 0.15) is 22.9 Å². The van der Waals surface area contributed by atoms with Crippen molar-refractivity contribution >= 4 is 43.9 Å². The van der Waals surface area contributed by atoms with Gasteiger partial charge in [0.2, 0.25) is 5.43 Å². The van der Waals surface area contributed by atoms with Gasteiger partial charge in [-0.3, -0.25) is 19.0 Å². The zero-order valence-corrected chi connectivity index (χ0v) is 21.9. The average molecular weight is 562 g/mol. The van der Waals surface area contributed by atoms with Crippen LogP contribution in [0.15, 0.2) is 69.2 Å². The summed E-state index contributed by atoms with van der Waals surface area (Å²) in [7, 11) is 0. The molecule has 0 aliphatic heterocycles. The molecule has 0 radical (unpaired) electrons. The summed E-state index contributed by atoms with van der Waals surface area (Å²) in [5, 5.41) is 7.88. The first-order valence-electron chi connectivity index (χ1n) is 11.8. The molecular weight excluding hydrogens is 538 g/mol. The number of aromatic nitrogens is 6. The number of hydrogen-bond acceptors (Lipinski definition) is 6. The van der Waals surface area contributed by atoms with Crippen LogP contribution in [-0.4, -0.2) is 41.3 Å². The van der Waals surface area contributed by atoms with Gasteiger partial charge in [-0.05, 0) is 43.7 Å². The van der Waals surface area contributed by atoms with Crippen LogP contribution in [0.25, 0.3) is 22.1 Å². The molecule has 0 aliphatic rings. The van der Waals surface area contributed by atoms with Crippen LogP contribution in [0.1, 0.15) is 28.5 Å². The molecule has 0 unspecified atom stereocenters. The Morgan fingerprint density at radius 1 is 1.03 bits per heavy atom. The van der Waals surface area contributed by atoms with E-state index in [4.69, 9.17) is 0 Å². The maximum absolute atomic E-state index is 13.0. The van der Waals surface area contributed by atoms with Crippen molar-refractivity contribution in [1.82, 2.24) is 34.2 Å². The van der Waals surface area contributed by atoms with Crippen LogP contribution in [0.5, 0.6) is 0 Å². The second-order valence-corrected chi connectivity index (χ2v) is 9.56. The third-order valence-corrected chi connectivity index (χ3v) is 6.67. The Kier molecular flexibility index (Phi) is 6.70. The number of halogens is 1. The van der Waals surface area contributed by atoms with Gasteiger partial charge in [-0.1, -0.05) is 28.1 Å². The first-order chi connectivity index (χ1) is 17.9. The molecular formula is C26H24BrN7O3. The van der Waals surface area contributed by atoms with E-state index in [0.717, 1.165) is 15.7 Å². The summed E-state index contributed by atoms with van der Waals surface area (Å²) < 4.78 is 5.87. The molecule has 11 heteroatoms. The van der Waals surface area contributed by atoms with Crippen molar-refractivity contribution in [1.29, 1.82) is 0 Å². The van der Waals surface area contributed by atoms with Crippen molar-refractivity contribution in [3.05, 3.63) is 97.0 Å². The molecule has 10 nitrogen and oxygen atoms in total. The molecule has 0 fully saturated rings. The Balaban J connectivity index is 1.32. The van der Waals surface area contributed by atoms with E-state index in [-0.39, 0.29) is 29.6 Å². The summed E-state index contributed by atoms with van der Waals surface area (Å²) in [6.07, 6.45) is 4.54. The Labute approximate surface area is 219 Å². The number of carbonyl (C=O) groups excluding carboxylic acids is 1. The highest BCUT2D eigenvalue weighted by atomic mass is 79.9. The van der Waals surface area contributed by atoms with Gasteiger partial charge < -0.3 is 9.88 Å². The fraction of sp³-hybridized carbons (Fsp3) is 0.231. The van der Waals surface area contributed by atoms with E-state index in [1.807, 2.05) is 38.1 Å². The lowest BCUT2D eigenvalue weighted by atomic mass is 10.1. The number of hydrogen-bond donors (Lipinski definition) is 1. The Morgan fingerprint density at radius 2 is 1.81 bits per heavy atom. The standard InChI is InChI=1S/C26H24BrN7O3/c1-3-32-14-21(22(35)19-9-4-16(2)31-24(19)32)25(36)28-10-11-34-23-20(12-30-34)26(37)33(15-29-23)13-17-5-7-18(27)8-6-17/h4-9,12,14-15H,3,10-11,13H2,1-2H3,(H,28,36). The maximum Gasteiger partial charge on any atom is 0.264 e. The molecule has 1 aromatic carbocycles. The van der Waals surface area contributed by atoms with Crippen LogP contribution in [0.3, 0.4) is 0 Å². The summed E-state index contributed by atoms with van der Waals surface area (Å²) in [6.45, 7) is 5.24. The summed E-state index contributed by atoms with van der Waals surface area (Å²) in [4.78, 5) is 47.7. The van der Waals surface area contributed by atoms with Gasteiger partial charge in [0.05, 0.1) is 24.7 Å². The number of amides is 1. The van der Waals surface area contributed by atoms with Gasteiger partial charge in [0.15, 0.2) is 5.65 Å². The first kappa shape index (κ1) is 24.6. The lowest BCUT2D eigenvalue weighted by Gasteiger charge is -2.12. The third-order valence-electron chi connectivity index (χ3n) is 6.14. The van der Waals surface area contributed by atoms with E-state index >= 15 is 0 Å². The topological polar surface area (TPSA) is 117 Å². The Bertz CT molecular complexity index is 1750. The molecule has 5 aromatic rings. The van der Waals surface area contributed by atoms with Gasteiger partial charge in [0.25, 0.3) is 11.5 Å². The van der Waals surface area contributed by atoms with E-state index in [1.54, 1.807) is 27.6 Å². The molecule has 37 heavy (non-hydrogen) atoms. The molecule has 4 heterocycles. The summed E-state index contributed by atoms with van der Waals surface area (Å²) in [5.41, 5.74) is 2.27. The van der Waals surface area contributed by atoms with Gasteiger partial charge in [0, 0.05) is 29.5 Å². The summed E-state index contributed by atoms with van der Waals surface area (Å²) in [6, 6.07) is 11.2. The third kappa shape index (κ3) is 4.82. The average Bonchev–Trinajstić information content (AvgIpc) is 3.30. The van der Waals surface area contributed by atoms with Crippen LogP contribution >= 0.6 is 15.9 Å². The smallest absolute Gasteiger partial charge is 0.264 e. The second kappa shape index (κ2) is 10.1. The van der Waals surface area contributed by atoms with Gasteiger partial charge in [-0.15, -0.1) is 0 Å². The van der Waals surface area contributed by atoms with Crippen LogP contribution in [0.2, 0.25) is 0 Å². The highest BCUT2D eigenvalue weighted by Crippen LogP contribution is 2.13. The molecule has 4 aromatic heterocycles. The van der Waals surface area contributed by atoms with E-state index in [2.05, 4.69) is 36.3 Å². The fourth-order valence-corrected chi connectivity index (χ4v) is 4.46. The quantitative estimate of drug-likeness (QED) is 0.326. The minimum Gasteiger partial charge on any atom is -0.350 e. The molecule has 1 amide bonds. The monoisotopic (exact) mass is 561 g/mol. The zero-order valence-electron chi connectivity index (χ0n) is 20.3. The normalized spacial score (nSPS) is 11.3. The summed E-state index contributed by atoms with van der Waals surface area (Å²) in [5.74, 6) is -0.476. The predicted molar refractivity (Wildman–Crippen MR) is 144 cm³/mol. The molecule has 0 aliphatic carbocycles. The lowest BCUT2D eigenvalue weighted by molar-refractivity contribution is 0.0950. The largest absolute Gasteiger partial charge is 0.350 e. The summed E-state index contributed by atoms with van der Waals surface area (Å²) >= 11 is 3.41. The zero-order chi connectivity index (χ0) is 26.1. The maximum atomic E-state index is 13.0. The minimum absolute atomic E-state index is 0.0549. The van der Waals surface area contributed by atoms with Gasteiger partial charge in [-0.2, -0.15) is 5.10 Å². The number of fused-ring (bicyclic) bond motifs is 2. The number of carbonyl (C=O) groups is 1. The molecule has 5 rings (SSSR count). The number of rotatable bonds is 7. The second-order valence-electron chi connectivity index (χ2n) is 8.65. The predicted octanol–water partition coefficient (Wildman–Crippen LogP) is 2.87. The van der Waals surface area contributed by atoms with Gasteiger partial charge in [-0.25, -0.2) is 14.6 Å². The highest BCUT2D eigenvalue weighted by molar-refractivity contribution is 9.10. The van der Waals surface area contributed by atoms with Crippen LogP contribution < -0.4 is 16.3 Å². The molecule has 0 spiro atoms. The van der Waals surface area contributed by atoms with Crippen molar-refractivity contribution in [2.75, 3.05) is 6.54 Å². The van der Waals surface area contributed by atoms with E-state index < -0.39 is 5.91 Å². The number of aryl methyl sites for hydroxylation is 2. The van der Waals surface area contributed by atoms with E-state index in [9.17, 15) is 14.4 Å². The molecule has 0 saturated heterocycles. The van der Waals surface area contributed by atoms with E-state index in [1.165, 1.54) is 17.1 Å². The van der Waals surface area contributed by atoms with Crippen molar-refractivity contribution in [3.63, 3.8) is 0 Å². The Morgan fingerprint density at radius 3 is 2.57 bits per heavy atom. The van der Waals surface area contributed by atoms with E-state index in [0.29, 0.717) is 35.2 Å². The SMILES string of the molecule is CCn1cc(C(=O)NCCn2ncc3c(=O)n(Cc4ccc(Br)cc4)cnc32)c(=O)c2ccc(C)nc21. The van der Waals surface area contributed by atoms with Crippen molar-refractivity contribution in [3.8, 4) is 0 Å². The number of nitrogens with one attached hydrogen (secondary N) is 1. The van der Waals surface area contributed by atoms with Crippen molar-refractivity contribution < 1.29 is 4.79 Å². The van der Waals surface area contributed by atoms with Crippen LogP contribution in [0.4, 0.5) is 0 Å². The minimum atomic E-state index is -0.476. The van der Waals surface area contributed by atoms with Crippen LogP contribution in [0, 0.1) is 6.92 Å². The number of nitrogens with zero attached hydrogens (tertiary/aromatic N) is 6. The molecule has 0 atom stereocenters. The molecule has 0 bridgehead atoms. The lowest BCUT2D eigenvalue weighted by Crippen LogP contribution is -2.32.